The molecular formula is C35H59Cl3SiTi. The van der Waals surface area contributed by atoms with E-state index in [1.165, 1.54) is 128 Å². The predicted molar refractivity (Wildman–Crippen MR) is 165 cm³/mol. The second kappa shape index (κ2) is 24.0. The molecule has 228 valence electrons. The summed E-state index contributed by atoms with van der Waals surface area (Å²) >= 11 is 0. The molecule has 0 heterocycles. The van der Waals surface area contributed by atoms with Crippen LogP contribution in [-0.4, -0.2) is 9.52 Å². The number of fused-ring (bicyclic) bond motifs is 1. The molecule has 0 aromatic heterocycles. The van der Waals surface area contributed by atoms with Crippen LogP contribution in [0.1, 0.15) is 149 Å². The predicted octanol–water partition coefficient (Wildman–Crippen LogP) is 1.96. The van der Waals surface area contributed by atoms with Crippen molar-refractivity contribution >= 4 is 9.52 Å². The third-order valence-corrected chi connectivity index (χ3v) is 12.5. The molecule has 3 aliphatic carbocycles. The van der Waals surface area contributed by atoms with Gasteiger partial charge in [0.1, 0.15) is 0 Å². The van der Waals surface area contributed by atoms with E-state index in [2.05, 4.69) is 63.3 Å². The molecule has 1 fully saturated rings. The maximum atomic E-state index is 2.64. The summed E-state index contributed by atoms with van der Waals surface area (Å²) in [5.41, 5.74) is 4.19. The van der Waals surface area contributed by atoms with E-state index in [1.54, 1.807) is 5.57 Å². The average Bonchev–Trinajstić information content (AvgIpc) is 3.15. The monoisotopic (exact) mass is 660 g/mol. The normalized spacial score (nSPS) is 24.6. The first-order chi connectivity index (χ1) is 17.6. The molecule has 0 aromatic rings. The molecule has 3 atom stereocenters. The van der Waals surface area contributed by atoms with Gasteiger partial charge in [0, 0.05) is 0 Å². The van der Waals surface area contributed by atoms with Gasteiger partial charge in [-0.1, -0.05) is 166 Å². The van der Waals surface area contributed by atoms with Crippen molar-refractivity contribution in [2.45, 2.75) is 154 Å². The average molecular weight is 662 g/mol. The molecule has 40 heavy (non-hydrogen) atoms. The standard InChI is InChI=1S/C35H59Si.3ClH.Ti/c1-4-5-6-7-8-9-10-11-12-13-14-15-16-17-18-22-27-34(2)30-31-25-20-21-26-32(31)33(34)36-35(3)28-23-19-24-29-35;;;;/h19-21,23-24,26,28,31H,4-18,22,25,27,29-30,36H2,1-3H3;3*1H;/q-1;;;;+4/p-3. The maximum absolute atomic E-state index is 2.64. The Hall–Kier alpha value is 0.631. The van der Waals surface area contributed by atoms with E-state index in [-0.39, 0.29) is 68.5 Å². The summed E-state index contributed by atoms with van der Waals surface area (Å²) in [6.45, 7) is 7.49. The molecular weight excluding hydrogens is 603 g/mol. The van der Waals surface area contributed by atoms with Gasteiger partial charge in [0.25, 0.3) is 0 Å². The SMILES string of the molecule is CCCCCCCCCCCCCCCCCCC1(C)CC2CC=CC=C2[C-]1[SiH2]C1(C)C=CC=CC1.[Cl-].[Cl-].[Cl-].[Ti+4]. The van der Waals surface area contributed by atoms with E-state index in [1.807, 2.05) is 5.54 Å². The minimum atomic E-state index is -0.315. The summed E-state index contributed by atoms with van der Waals surface area (Å²) in [6, 6.07) is 0. The summed E-state index contributed by atoms with van der Waals surface area (Å²) in [5.74, 6) is 0.815. The first kappa shape index (κ1) is 42.8. The Morgan fingerprint density at radius 3 is 1.75 bits per heavy atom. The Kier molecular flexibility index (Phi) is 25.7. The summed E-state index contributed by atoms with van der Waals surface area (Å²) in [7, 11) is -0.315. The van der Waals surface area contributed by atoms with Crippen LogP contribution >= 0.6 is 0 Å². The minimum absolute atomic E-state index is 0. The van der Waals surface area contributed by atoms with Gasteiger partial charge in [0.15, 0.2) is 0 Å². The van der Waals surface area contributed by atoms with Crippen molar-refractivity contribution in [3.63, 3.8) is 0 Å². The van der Waals surface area contributed by atoms with Crippen LogP contribution in [0.5, 0.6) is 0 Å². The van der Waals surface area contributed by atoms with Crippen LogP contribution in [-0.2, 0) is 21.7 Å². The summed E-state index contributed by atoms with van der Waals surface area (Å²) in [4.78, 5) is 0. The molecule has 0 radical (unpaired) electrons. The fourth-order valence-electron chi connectivity index (χ4n) is 7.17. The van der Waals surface area contributed by atoms with Gasteiger partial charge in [-0.25, -0.2) is 17.2 Å². The molecule has 0 aromatic carbocycles. The molecule has 1 saturated carbocycles. The fraction of sp³-hybridized carbons (Fsp3) is 0.743. The Labute approximate surface area is 285 Å². The van der Waals surface area contributed by atoms with Crippen LogP contribution < -0.4 is 37.2 Å². The van der Waals surface area contributed by atoms with Crippen LogP contribution in [0.25, 0.3) is 0 Å². The molecule has 0 aliphatic heterocycles. The van der Waals surface area contributed by atoms with Crippen molar-refractivity contribution in [1.29, 1.82) is 0 Å². The zero-order valence-corrected chi connectivity index (χ0v) is 31.3. The molecule has 3 unspecified atom stereocenters. The maximum Gasteiger partial charge on any atom is 4.00 e. The van der Waals surface area contributed by atoms with Gasteiger partial charge < -0.3 is 37.2 Å². The number of allylic oxidation sites excluding steroid dienone is 8. The molecule has 3 rings (SSSR count). The summed E-state index contributed by atoms with van der Waals surface area (Å²) in [5, 5.41) is 0.441. The Morgan fingerprint density at radius 2 is 1.25 bits per heavy atom. The van der Waals surface area contributed by atoms with Crippen molar-refractivity contribution in [2.24, 2.45) is 11.3 Å². The van der Waals surface area contributed by atoms with Gasteiger partial charge in [-0.05, 0) is 33.3 Å². The zero-order valence-electron chi connectivity index (χ0n) is 26.1. The van der Waals surface area contributed by atoms with Crippen molar-refractivity contribution < 1.29 is 58.9 Å². The number of halogens is 3. The first-order valence-corrected chi connectivity index (χ1v) is 17.6. The van der Waals surface area contributed by atoms with Crippen LogP contribution in [0.15, 0.2) is 48.1 Å². The summed E-state index contributed by atoms with van der Waals surface area (Å²) < 4.78 is 0. The van der Waals surface area contributed by atoms with E-state index in [9.17, 15) is 0 Å². The first-order valence-electron chi connectivity index (χ1n) is 16.1. The van der Waals surface area contributed by atoms with Gasteiger partial charge in [0.05, 0.1) is 0 Å². The van der Waals surface area contributed by atoms with E-state index in [0.29, 0.717) is 10.5 Å². The quantitative estimate of drug-likeness (QED) is 0.113. The molecule has 5 heteroatoms. The molecule has 0 bridgehead atoms. The van der Waals surface area contributed by atoms with Crippen LogP contribution in [0.3, 0.4) is 0 Å². The van der Waals surface area contributed by atoms with E-state index in [4.69, 9.17) is 0 Å². The van der Waals surface area contributed by atoms with Gasteiger partial charge >= 0.3 is 21.7 Å². The zero-order chi connectivity index (χ0) is 25.5. The Morgan fingerprint density at radius 1 is 0.725 bits per heavy atom. The Balaban J connectivity index is 0. The molecule has 0 nitrogen and oxygen atoms in total. The topological polar surface area (TPSA) is 0 Å². The van der Waals surface area contributed by atoms with E-state index < -0.39 is 0 Å². The molecule has 0 N–H and O–H groups in total. The van der Waals surface area contributed by atoms with E-state index in [0.717, 1.165) is 5.92 Å². The molecule has 0 spiro atoms. The van der Waals surface area contributed by atoms with Gasteiger partial charge in [0.2, 0.25) is 0 Å². The van der Waals surface area contributed by atoms with Gasteiger partial charge in [-0.15, -0.1) is 12.2 Å². The molecule has 0 amide bonds. The smallest absolute Gasteiger partial charge is 1.00 e. The van der Waals surface area contributed by atoms with Gasteiger partial charge in [-0.2, -0.15) is 0 Å². The van der Waals surface area contributed by atoms with E-state index >= 15 is 0 Å². The molecule has 3 aliphatic rings. The molecule has 0 saturated heterocycles. The number of rotatable bonds is 19. The number of hydrogen-bond donors (Lipinski definition) is 0. The van der Waals surface area contributed by atoms with Gasteiger partial charge in [-0.3, -0.25) is 0 Å². The largest absolute Gasteiger partial charge is 4.00 e. The van der Waals surface area contributed by atoms with Crippen LogP contribution in [0, 0.1) is 16.9 Å². The third-order valence-electron chi connectivity index (χ3n) is 9.54. The second-order valence-electron chi connectivity index (χ2n) is 13.1. The van der Waals surface area contributed by atoms with Crippen molar-refractivity contribution in [3.8, 4) is 0 Å². The Bertz CT molecular complexity index is 749. The van der Waals surface area contributed by atoms with Crippen LogP contribution in [0.2, 0.25) is 5.04 Å². The fourth-order valence-corrected chi connectivity index (χ4v) is 9.90. The van der Waals surface area contributed by atoms with Crippen molar-refractivity contribution in [3.05, 3.63) is 53.6 Å². The number of unbranched alkanes of at least 4 members (excludes halogenated alkanes) is 15. The minimum Gasteiger partial charge on any atom is -1.00 e. The van der Waals surface area contributed by atoms with Crippen molar-refractivity contribution in [2.75, 3.05) is 0 Å². The second-order valence-corrected chi connectivity index (χ2v) is 15.8. The summed E-state index contributed by atoms with van der Waals surface area (Å²) in [6.07, 6.45) is 45.5. The van der Waals surface area contributed by atoms with Crippen molar-refractivity contribution in [1.82, 2.24) is 0 Å². The third kappa shape index (κ3) is 14.9. The van der Waals surface area contributed by atoms with Crippen LogP contribution in [0.4, 0.5) is 0 Å². The number of hydrogen-bond acceptors (Lipinski definition) is 0.